The molecule has 5 nitrogen and oxygen atoms in total. The van der Waals surface area contributed by atoms with E-state index in [1.54, 1.807) is 6.20 Å². The van der Waals surface area contributed by atoms with Gasteiger partial charge in [0.05, 0.1) is 0 Å². The van der Waals surface area contributed by atoms with Gasteiger partial charge in [-0.05, 0) is 37.1 Å². The second-order valence-corrected chi connectivity index (χ2v) is 7.21. The summed E-state index contributed by atoms with van der Waals surface area (Å²) in [7, 11) is -3.87. The zero-order valence-electron chi connectivity index (χ0n) is 12.5. The van der Waals surface area contributed by atoms with E-state index in [1.165, 1.54) is 18.2 Å². The van der Waals surface area contributed by atoms with Crippen molar-refractivity contribution in [2.24, 2.45) is 0 Å². The molecule has 1 atom stereocenters. The van der Waals surface area contributed by atoms with Crippen LogP contribution in [0, 0.1) is 5.82 Å². The minimum absolute atomic E-state index is 0.268. The summed E-state index contributed by atoms with van der Waals surface area (Å²) in [5.41, 5.74) is 0. The number of pyridine rings is 1. The molecular formula is C16H18FN3O2S. The Labute approximate surface area is 135 Å². The van der Waals surface area contributed by atoms with Gasteiger partial charge in [-0.2, -0.15) is 0 Å². The molecular weight excluding hydrogens is 317 g/mol. The van der Waals surface area contributed by atoms with Crippen LogP contribution >= 0.6 is 0 Å². The Bertz CT molecular complexity index is 768. The molecule has 7 heteroatoms. The third kappa shape index (κ3) is 3.68. The Kier molecular flexibility index (Phi) is 4.58. The molecule has 3 rings (SSSR count). The lowest BCUT2D eigenvalue weighted by atomic mass is 10.1. The Hall–Kier alpha value is -1.99. The molecule has 0 bridgehead atoms. The summed E-state index contributed by atoms with van der Waals surface area (Å²) in [4.78, 5) is 6.02. The third-order valence-electron chi connectivity index (χ3n) is 3.84. The lowest BCUT2D eigenvalue weighted by molar-refractivity contribution is 0.462. The molecule has 1 saturated heterocycles. The van der Waals surface area contributed by atoms with Crippen LogP contribution in [0.2, 0.25) is 0 Å². The lowest BCUT2D eigenvalue weighted by Crippen LogP contribution is -2.48. The first-order chi connectivity index (χ1) is 11.1. The Morgan fingerprint density at radius 1 is 1.17 bits per heavy atom. The molecule has 2 heterocycles. The van der Waals surface area contributed by atoms with Crippen LogP contribution in [0.4, 0.5) is 10.2 Å². The average Bonchev–Trinajstić information content (AvgIpc) is 2.56. The van der Waals surface area contributed by atoms with Crippen molar-refractivity contribution in [3.05, 3.63) is 54.5 Å². The number of nitrogens with zero attached hydrogens (tertiary/aromatic N) is 2. The molecule has 1 aliphatic heterocycles. The Morgan fingerprint density at radius 3 is 2.70 bits per heavy atom. The van der Waals surface area contributed by atoms with Gasteiger partial charge in [0.25, 0.3) is 0 Å². The number of halogens is 1. The molecule has 0 saturated carbocycles. The summed E-state index contributed by atoms with van der Waals surface area (Å²) < 4.78 is 41.1. The highest BCUT2D eigenvalue weighted by molar-refractivity contribution is 7.89. The van der Waals surface area contributed by atoms with E-state index >= 15 is 0 Å². The number of piperidine rings is 1. The zero-order valence-corrected chi connectivity index (χ0v) is 13.3. The largest absolute Gasteiger partial charge is 0.355 e. The second kappa shape index (κ2) is 6.64. The molecule has 1 aromatic heterocycles. The minimum atomic E-state index is -3.87. The van der Waals surface area contributed by atoms with Crippen molar-refractivity contribution in [3.8, 4) is 0 Å². The maximum Gasteiger partial charge on any atom is 0.243 e. The van der Waals surface area contributed by atoms with E-state index in [2.05, 4.69) is 9.71 Å². The fraction of sp³-hybridized carbons (Fsp3) is 0.312. The highest BCUT2D eigenvalue weighted by Gasteiger charge is 2.27. The average molecular weight is 335 g/mol. The summed E-state index contributed by atoms with van der Waals surface area (Å²) in [5.74, 6) is 0.0830. The lowest BCUT2D eigenvalue weighted by Gasteiger charge is -2.33. The number of hydrogen-bond acceptors (Lipinski definition) is 4. The van der Waals surface area contributed by atoms with Crippen molar-refractivity contribution in [3.63, 3.8) is 0 Å². The Balaban J connectivity index is 1.74. The van der Waals surface area contributed by atoms with Gasteiger partial charge in [0.15, 0.2) is 0 Å². The smallest absolute Gasteiger partial charge is 0.243 e. The first kappa shape index (κ1) is 15.9. The number of aromatic nitrogens is 1. The topological polar surface area (TPSA) is 62.3 Å². The maximum absolute atomic E-state index is 13.7. The van der Waals surface area contributed by atoms with Crippen molar-refractivity contribution in [1.82, 2.24) is 9.71 Å². The van der Waals surface area contributed by atoms with Gasteiger partial charge in [0.1, 0.15) is 16.5 Å². The predicted molar refractivity (Wildman–Crippen MR) is 86.2 cm³/mol. The molecule has 0 amide bonds. The SMILES string of the molecule is O=S(=O)(N[C@@H]1CCCN(c2ccccn2)C1)c1ccccc1F. The quantitative estimate of drug-likeness (QED) is 0.930. The number of benzene rings is 1. The van der Waals surface area contributed by atoms with E-state index in [9.17, 15) is 12.8 Å². The van der Waals surface area contributed by atoms with Crippen LogP contribution in [0.1, 0.15) is 12.8 Å². The molecule has 23 heavy (non-hydrogen) atoms. The molecule has 2 aromatic rings. The van der Waals surface area contributed by atoms with Gasteiger partial charge in [-0.3, -0.25) is 0 Å². The monoisotopic (exact) mass is 335 g/mol. The number of rotatable bonds is 4. The first-order valence-corrected chi connectivity index (χ1v) is 8.97. The predicted octanol–water partition coefficient (Wildman–Crippen LogP) is 2.17. The van der Waals surface area contributed by atoms with Crippen molar-refractivity contribution >= 4 is 15.8 Å². The maximum atomic E-state index is 13.7. The Morgan fingerprint density at radius 2 is 1.96 bits per heavy atom. The zero-order chi connectivity index (χ0) is 16.3. The van der Waals surface area contributed by atoms with Crippen LogP contribution in [0.3, 0.4) is 0 Å². The van der Waals surface area contributed by atoms with E-state index < -0.39 is 15.8 Å². The molecule has 0 unspecified atom stereocenters. The summed E-state index contributed by atoms with van der Waals surface area (Å²) in [5, 5.41) is 0. The minimum Gasteiger partial charge on any atom is -0.355 e. The molecule has 1 fully saturated rings. The van der Waals surface area contributed by atoms with E-state index in [1.807, 2.05) is 23.1 Å². The van der Waals surface area contributed by atoms with Crippen molar-refractivity contribution in [2.75, 3.05) is 18.0 Å². The molecule has 1 aromatic carbocycles. The van der Waals surface area contributed by atoms with Gasteiger partial charge < -0.3 is 4.90 Å². The van der Waals surface area contributed by atoms with E-state index in [0.29, 0.717) is 6.54 Å². The van der Waals surface area contributed by atoms with E-state index in [4.69, 9.17) is 0 Å². The second-order valence-electron chi connectivity index (χ2n) is 5.52. The van der Waals surface area contributed by atoms with E-state index in [0.717, 1.165) is 31.3 Å². The van der Waals surface area contributed by atoms with Crippen molar-refractivity contribution < 1.29 is 12.8 Å². The summed E-state index contributed by atoms with van der Waals surface area (Å²) in [6, 6.07) is 10.8. The summed E-state index contributed by atoms with van der Waals surface area (Å²) in [6.07, 6.45) is 3.28. The van der Waals surface area contributed by atoms with Crippen LogP contribution in [0.5, 0.6) is 0 Å². The van der Waals surface area contributed by atoms with Crippen LogP contribution in [-0.4, -0.2) is 32.5 Å². The summed E-state index contributed by atoms with van der Waals surface area (Å²) in [6.45, 7) is 1.35. The molecule has 1 aliphatic rings. The van der Waals surface area contributed by atoms with Crippen LogP contribution in [-0.2, 0) is 10.0 Å². The molecule has 122 valence electrons. The van der Waals surface area contributed by atoms with Crippen molar-refractivity contribution in [2.45, 2.75) is 23.8 Å². The fourth-order valence-electron chi connectivity index (χ4n) is 2.77. The van der Waals surface area contributed by atoms with Gasteiger partial charge in [0.2, 0.25) is 10.0 Å². The van der Waals surface area contributed by atoms with Crippen LogP contribution < -0.4 is 9.62 Å². The van der Waals surface area contributed by atoms with Crippen molar-refractivity contribution in [1.29, 1.82) is 0 Å². The number of nitrogens with one attached hydrogen (secondary N) is 1. The molecule has 0 spiro atoms. The van der Waals surface area contributed by atoms with Gasteiger partial charge in [-0.1, -0.05) is 18.2 Å². The molecule has 0 aliphatic carbocycles. The highest BCUT2D eigenvalue weighted by atomic mass is 32.2. The number of hydrogen-bond donors (Lipinski definition) is 1. The normalized spacial score (nSPS) is 18.8. The van der Waals surface area contributed by atoms with Gasteiger partial charge in [-0.15, -0.1) is 0 Å². The standard InChI is InChI=1S/C16H18FN3O2S/c17-14-7-1-2-8-15(14)23(21,22)19-13-6-5-11-20(12-13)16-9-3-4-10-18-16/h1-4,7-10,13,19H,5-6,11-12H2/t13-/m1/s1. The van der Waals surface area contributed by atoms with Crippen LogP contribution in [0.25, 0.3) is 0 Å². The van der Waals surface area contributed by atoms with Gasteiger partial charge in [0, 0.05) is 25.3 Å². The third-order valence-corrected chi connectivity index (χ3v) is 5.40. The van der Waals surface area contributed by atoms with E-state index in [-0.39, 0.29) is 10.9 Å². The molecule has 1 N–H and O–H groups in total. The molecule has 0 radical (unpaired) electrons. The summed E-state index contributed by atoms with van der Waals surface area (Å²) >= 11 is 0. The highest BCUT2D eigenvalue weighted by Crippen LogP contribution is 2.20. The van der Waals surface area contributed by atoms with Gasteiger partial charge in [-0.25, -0.2) is 22.5 Å². The fourth-order valence-corrected chi connectivity index (χ4v) is 4.11. The first-order valence-electron chi connectivity index (χ1n) is 7.49. The number of sulfonamides is 1. The number of anilines is 1. The van der Waals surface area contributed by atoms with Gasteiger partial charge >= 0.3 is 0 Å². The van der Waals surface area contributed by atoms with Crippen LogP contribution in [0.15, 0.2) is 53.6 Å².